The first-order chi connectivity index (χ1) is 7.56. The fraction of sp³-hybridized carbons (Fsp3) is 0.786. The van der Waals surface area contributed by atoms with Gasteiger partial charge in [0.2, 0.25) is 0 Å². The molecular formula is C14H26O2. The van der Waals surface area contributed by atoms with Gasteiger partial charge in [0.25, 0.3) is 0 Å². The number of unbranched alkanes of at least 4 members (excludes halogenated alkanes) is 2. The highest BCUT2D eigenvalue weighted by molar-refractivity contribution is 5.68. The van der Waals surface area contributed by atoms with Crippen LogP contribution in [0.15, 0.2) is 11.6 Å². The molecule has 0 aliphatic rings. The van der Waals surface area contributed by atoms with Crippen molar-refractivity contribution in [3.63, 3.8) is 0 Å². The number of esters is 1. The third kappa shape index (κ3) is 9.75. The Hall–Kier alpha value is -0.790. The predicted octanol–water partition coefficient (Wildman–Crippen LogP) is 4.10. The molecule has 0 radical (unpaired) electrons. The van der Waals surface area contributed by atoms with Crippen LogP contribution in [0.3, 0.4) is 0 Å². The summed E-state index contributed by atoms with van der Waals surface area (Å²) >= 11 is 0. The molecule has 0 aliphatic heterocycles. The van der Waals surface area contributed by atoms with Crippen molar-refractivity contribution in [2.75, 3.05) is 6.61 Å². The van der Waals surface area contributed by atoms with E-state index in [4.69, 9.17) is 4.74 Å². The van der Waals surface area contributed by atoms with Gasteiger partial charge in [0, 0.05) is 6.42 Å². The van der Waals surface area contributed by atoms with Crippen LogP contribution in [0.25, 0.3) is 0 Å². The lowest BCUT2D eigenvalue weighted by atomic mass is 10.0. The van der Waals surface area contributed by atoms with Crippen molar-refractivity contribution in [1.82, 2.24) is 0 Å². The van der Waals surface area contributed by atoms with E-state index >= 15 is 0 Å². The van der Waals surface area contributed by atoms with Gasteiger partial charge in [-0.05, 0) is 32.6 Å². The van der Waals surface area contributed by atoms with E-state index < -0.39 is 0 Å². The number of rotatable bonds is 8. The van der Waals surface area contributed by atoms with E-state index in [1.165, 1.54) is 18.4 Å². The molecule has 0 aromatic heterocycles. The van der Waals surface area contributed by atoms with Crippen molar-refractivity contribution in [3.8, 4) is 0 Å². The van der Waals surface area contributed by atoms with E-state index in [-0.39, 0.29) is 5.97 Å². The SMILES string of the molecule is CCC(=O)OCCCCCC(C)C=C(C)C. The average molecular weight is 226 g/mol. The van der Waals surface area contributed by atoms with E-state index in [0.717, 1.165) is 12.8 Å². The van der Waals surface area contributed by atoms with E-state index in [2.05, 4.69) is 26.8 Å². The Morgan fingerprint density at radius 2 is 1.94 bits per heavy atom. The second kappa shape index (κ2) is 9.44. The summed E-state index contributed by atoms with van der Waals surface area (Å²) in [7, 11) is 0. The number of carbonyl (C=O) groups excluding carboxylic acids is 1. The van der Waals surface area contributed by atoms with Gasteiger partial charge in [-0.3, -0.25) is 4.79 Å². The lowest BCUT2D eigenvalue weighted by Gasteiger charge is -2.07. The molecule has 0 aromatic carbocycles. The summed E-state index contributed by atoms with van der Waals surface area (Å²) in [4.78, 5) is 10.8. The van der Waals surface area contributed by atoms with E-state index in [1.807, 2.05) is 6.92 Å². The first-order valence-corrected chi connectivity index (χ1v) is 6.37. The van der Waals surface area contributed by atoms with Gasteiger partial charge in [-0.25, -0.2) is 0 Å². The Bertz CT molecular complexity index is 215. The molecular weight excluding hydrogens is 200 g/mol. The fourth-order valence-electron chi connectivity index (χ4n) is 1.69. The third-order valence-corrected chi connectivity index (χ3v) is 2.47. The number of hydrogen-bond acceptors (Lipinski definition) is 2. The van der Waals surface area contributed by atoms with Crippen LogP contribution in [-0.2, 0) is 9.53 Å². The third-order valence-electron chi connectivity index (χ3n) is 2.47. The molecule has 2 nitrogen and oxygen atoms in total. The normalized spacial score (nSPS) is 12.0. The highest BCUT2D eigenvalue weighted by Crippen LogP contribution is 2.12. The van der Waals surface area contributed by atoms with Gasteiger partial charge in [-0.15, -0.1) is 0 Å². The summed E-state index contributed by atoms with van der Waals surface area (Å²) in [5.74, 6) is 0.584. The number of hydrogen-bond donors (Lipinski definition) is 0. The maximum Gasteiger partial charge on any atom is 0.305 e. The highest BCUT2D eigenvalue weighted by atomic mass is 16.5. The van der Waals surface area contributed by atoms with Crippen LogP contribution in [0, 0.1) is 5.92 Å². The van der Waals surface area contributed by atoms with Crippen molar-refractivity contribution in [1.29, 1.82) is 0 Å². The Labute approximate surface area is 100 Å². The lowest BCUT2D eigenvalue weighted by Crippen LogP contribution is -2.03. The molecule has 0 aliphatic carbocycles. The minimum absolute atomic E-state index is 0.0853. The van der Waals surface area contributed by atoms with Gasteiger partial charge in [0.15, 0.2) is 0 Å². The summed E-state index contributed by atoms with van der Waals surface area (Å²) < 4.78 is 5.01. The van der Waals surface area contributed by atoms with Crippen LogP contribution in [0.5, 0.6) is 0 Å². The summed E-state index contributed by atoms with van der Waals surface area (Å²) in [6.07, 6.45) is 7.39. The van der Waals surface area contributed by atoms with Crippen LogP contribution in [0.4, 0.5) is 0 Å². The fourth-order valence-corrected chi connectivity index (χ4v) is 1.69. The molecule has 94 valence electrons. The molecule has 0 fully saturated rings. The molecule has 0 amide bonds. The van der Waals surface area contributed by atoms with Gasteiger partial charge < -0.3 is 4.74 Å². The molecule has 0 saturated heterocycles. The first kappa shape index (κ1) is 15.2. The minimum Gasteiger partial charge on any atom is -0.466 e. The maximum atomic E-state index is 10.8. The maximum absolute atomic E-state index is 10.8. The minimum atomic E-state index is -0.0853. The molecule has 0 aromatic rings. The number of allylic oxidation sites excluding steroid dienone is 2. The van der Waals surface area contributed by atoms with Crippen molar-refractivity contribution in [2.24, 2.45) is 5.92 Å². The largest absolute Gasteiger partial charge is 0.466 e. The van der Waals surface area contributed by atoms with Crippen molar-refractivity contribution in [2.45, 2.75) is 59.8 Å². The van der Waals surface area contributed by atoms with Crippen LogP contribution >= 0.6 is 0 Å². The monoisotopic (exact) mass is 226 g/mol. The predicted molar refractivity (Wildman–Crippen MR) is 68.3 cm³/mol. The second-order valence-electron chi connectivity index (χ2n) is 4.64. The zero-order valence-corrected chi connectivity index (χ0v) is 11.2. The van der Waals surface area contributed by atoms with Crippen molar-refractivity contribution < 1.29 is 9.53 Å². The Balaban J connectivity index is 3.34. The quantitative estimate of drug-likeness (QED) is 0.354. The zero-order chi connectivity index (χ0) is 12.4. The van der Waals surface area contributed by atoms with E-state index in [9.17, 15) is 4.79 Å². The molecule has 2 heteroatoms. The van der Waals surface area contributed by atoms with Gasteiger partial charge in [0.05, 0.1) is 6.61 Å². The van der Waals surface area contributed by atoms with Gasteiger partial charge in [-0.2, -0.15) is 0 Å². The average Bonchev–Trinajstić information content (AvgIpc) is 2.21. The molecule has 16 heavy (non-hydrogen) atoms. The molecule has 1 unspecified atom stereocenters. The van der Waals surface area contributed by atoms with Crippen molar-refractivity contribution in [3.05, 3.63) is 11.6 Å². The lowest BCUT2D eigenvalue weighted by molar-refractivity contribution is -0.143. The Morgan fingerprint density at radius 3 is 2.50 bits per heavy atom. The summed E-state index contributed by atoms with van der Waals surface area (Å²) in [5.41, 5.74) is 1.39. The number of carbonyl (C=O) groups is 1. The van der Waals surface area contributed by atoms with Crippen LogP contribution in [0.1, 0.15) is 59.8 Å². The number of ether oxygens (including phenoxy) is 1. The van der Waals surface area contributed by atoms with Gasteiger partial charge >= 0.3 is 5.97 Å². The smallest absolute Gasteiger partial charge is 0.305 e. The van der Waals surface area contributed by atoms with Gasteiger partial charge in [0.1, 0.15) is 0 Å². The molecule has 0 heterocycles. The van der Waals surface area contributed by atoms with Crippen LogP contribution in [-0.4, -0.2) is 12.6 Å². The molecule has 0 spiro atoms. The van der Waals surface area contributed by atoms with E-state index in [1.54, 1.807) is 0 Å². The summed E-state index contributed by atoms with van der Waals surface area (Å²) in [6, 6.07) is 0. The first-order valence-electron chi connectivity index (χ1n) is 6.37. The van der Waals surface area contributed by atoms with Crippen LogP contribution < -0.4 is 0 Å². The molecule has 0 rings (SSSR count). The van der Waals surface area contributed by atoms with Crippen LogP contribution in [0.2, 0.25) is 0 Å². The molecule has 1 atom stereocenters. The standard InChI is InChI=1S/C14H26O2/c1-5-14(15)16-10-8-6-7-9-13(4)11-12(2)3/h11,13H,5-10H2,1-4H3. The molecule has 0 bridgehead atoms. The topological polar surface area (TPSA) is 26.3 Å². The zero-order valence-electron chi connectivity index (χ0n) is 11.2. The summed E-state index contributed by atoms with van der Waals surface area (Å²) in [5, 5.41) is 0. The molecule has 0 N–H and O–H groups in total. The second-order valence-corrected chi connectivity index (χ2v) is 4.64. The van der Waals surface area contributed by atoms with Gasteiger partial charge in [-0.1, -0.05) is 38.3 Å². The summed E-state index contributed by atoms with van der Waals surface area (Å²) in [6.45, 7) is 8.94. The Kier molecular flexibility index (Phi) is 8.97. The Morgan fingerprint density at radius 1 is 1.25 bits per heavy atom. The van der Waals surface area contributed by atoms with E-state index in [0.29, 0.717) is 18.9 Å². The molecule has 0 saturated carbocycles. The van der Waals surface area contributed by atoms with Crippen molar-refractivity contribution >= 4 is 5.97 Å². The highest BCUT2D eigenvalue weighted by Gasteiger charge is 1.99.